The quantitative estimate of drug-likeness (QED) is 0.282. The fourth-order valence-electron chi connectivity index (χ4n) is 5.53. The topological polar surface area (TPSA) is 133 Å². The predicted molar refractivity (Wildman–Crippen MR) is 161 cm³/mol. The van der Waals surface area contributed by atoms with Crippen LogP contribution in [0.15, 0.2) is 52.7 Å². The summed E-state index contributed by atoms with van der Waals surface area (Å²) in [4.78, 5) is 40.0. The first kappa shape index (κ1) is 29.0. The molecule has 0 unspecified atom stereocenters. The molecule has 0 atom stereocenters. The van der Waals surface area contributed by atoms with Gasteiger partial charge in [0.15, 0.2) is 9.84 Å². The number of allylic oxidation sites excluding steroid dienone is 1. The van der Waals surface area contributed by atoms with Crippen LogP contribution in [0, 0.1) is 0 Å². The van der Waals surface area contributed by atoms with Crippen molar-refractivity contribution in [3.05, 3.63) is 70.1 Å². The zero-order valence-electron chi connectivity index (χ0n) is 22.9. The van der Waals surface area contributed by atoms with Gasteiger partial charge in [-0.05, 0) is 60.7 Å². The first-order chi connectivity index (χ1) is 19.7. The van der Waals surface area contributed by atoms with Crippen molar-refractivity contribution in [1.29, 1.82) is 0 Å². The largest absolute Gasteiger partial charge is 0.354 e. The second kappa shape index (κ2) is 12.1. The molecule has 216 valence electrons. The summed E-state index contributed by atoms with van der Waals surface area (Å²) in [5.41, 5.74) is 1.10. The van der Waals surface area contributed by atoms with E-state index in [0.717, 1.165) is 40.3 Å². The molecule has 3 amide bonds. The van der Waals surface area contributed by atoms with E-state index in [1.807, 2.05) is 48.5 Å². The second-order valence-corrected chi connectivity index (χ2v) is 13.8. The Morgan fingerprint density at radius 2 is 1.73 bits per heavy atom. The number of thiophene rings is 1. The Kier molecular flexibility index (Phi) is 8.58. The van der Waals surface area contributed by atoms with Crippen molar-refractivity contribution < 1.29 is 22.8 Å². The normalized spacial score (nSPS) is 16.1. The zero-order valence-corrected chi connectivity index (χ0v) is 24.6. The lowest BCUT2D eigenvalue weighted by Gasteiger charge is -2.37. The molecule has 11 heteroatoms. The molecule has 1 fully saturated rings. The molecular weight excluding hydrogens is 560 g/mol. The van der Waals surface area contributed by atoms with Gasteiger partial charge in [0.25, 0.3) is 5.91 Å². The van der Waals surface area contributed by atoms with E-state index in [1.54, 1.807) is 6.08 Å². The molecule has 3 aromatic rings. The van der Waals surface area contributed by atoms with Crippen LogP contribution in [0.2, 0.25) is 0 Å². The van der Waals surface area contributed by atoms with Crippen LogP contribution in [0.5, 0.6) is 0 Å². The van der Waals surface area contributed by atoms with E-state index < -0.39 is 21.3 Å². The van der Waals surface area contributed by atoms with E-state index in [2.05, 4.69) is 21.3 Å². The van der Waals surface area contributed by atoms with Gasteiger partial charge in [0.05, 0.1) is 11.3 Å². The highest BCUT2D eigenvalue weighted by atomic mass is 32.2. The van der Waals surface area contributed by atoms with Gasteiger partial charge in [-0.15, -0.1) is 11.3 Å². The van der Waals surface area contributed by atoms with E-state index in [-0.39, 0.29) is 35.5 Å². The molecule has 1 aliphatic carbocycles. The average molecular weight is 595 g/mol. The van der Waals surface area contributed by atoms with Crippen LogP contribution in [0.4, 0.5) is 0 Å². The number of sulfone groups is 1. The van der Waals surface area contributed by atoms with Crippen molar-refractivity contribution in [3.63, 3.8) is 0 Å². The number of carbonyl (C=O) groups is 3. The fraction of sp³-hybridized carbons (Fsp3) is 0.367. The first-order valence-corrected chi connectivity index (χ1v) is 16.5. The summed E-state index contributed by atoms with van der Waals surface area (Å²) >= 11 is 0.969. The number of hydrogen-bond donors (Lipinski definition) is 4. The number of carbonyl (C=O) groups excluding carboxylic acids is 3. The molecule has 0 spiro atoms. The van der Waals surface area contributed by atoms with Crippen molar-refractivity contribution in [1.82, 2.24) is 21.3 Å². The van der Waals surface area contributed by atoms with E-state index >= 15 is 0 Å². The summed E-state index contributed by atoms with van der Waals surface area (Å²) in [7, 11) is -3.51. The molecule has 41 heavy (non-hydrogen) atoms. The van der Waals surface area contributed by atoms with Crippen molar-refractivity contribution in [2.75, 3.05) is 32.4 Å². The highest BCUT2D eigenvalue weighted by molar-refractivity contribution is 7.92. The van der Waals surface area contributed by atoms with E-state index in [1.165, 1.54) is 0 Å². The summed E-state index contributed by atoms with van der Waals surface area (Å²) in [6.45, 7) is 1.56. The van der Waals surface area contributed by atoms with Crippen LogP contribution in [-0.2, 0) is 32.3 Å². The maximum Gasteiger partial charge on any atom is 0.262 e. The third kappa shape index (κ3) is 6.37. The van der Waals surface area contributed by atoms with Crippen LogP contribution < -0.4 is 21.3 Å². The monoisotopic (exact) mass is 594 g/mol. The molecule has 1 aromatic heterocycles. The first-order valence-electron chi connectivity index (χ1n) is 13.7. The number of piperidine rings is 1. The average Bonchev–Trinajstić information content (AvgIpc) is 3.37. The van der Waals surface area contributed by atoms with Gasteiger partial charge in [0.1, 0.15) is 9.75 Å². The smallest absolute Gasteiger partial charge is 0.262 e. The van der Waals surface area contributed by atoms with Crippen LogP contribution in [0.3, 0.4) is 0 Å². The number of benzene rings is 2. The summed E-state index contributed by atoms with van der Waals surface area (Å²) < 4.78 is 25.0. The molecule has 0 saturated carbocycles. The number of fused-ring (bicyclic) bond motifs is 2. The van der Waals surface area contributed by atoms with Gasteiger partial charge < -0.3 is 21.3 Å². The molecule has 1 aliphatic heterocycles. The third-order valence-corrected chi connectivity index (χ3v) is 10.7. The fourth-order valence-corrected chi connectivity index (χ4v) is 7.94. The molecule has 4 N–H and O–H groups in total. The van der Waals surface area contributed by atoms with Gasteiger partial charge in [-0.25, -0.2) is 8.42 Å². The number of hydrogen-bond acceptors (Lipinski definition) is 7. The lowest BCUT2D eigenvalue weighted by atomic mass is 9.86. The molecule has 2 aliphatic rings. The van der Waals surface area contributed by atoms with Gasteiger partial charge in [0.2, 0.25) is 11.8 Å². The number of rotatable bonds is 9. The van der Waals surface area contributed by atoms with Gasteiger partial charge in [0, 0.05) is 24.9 Å². The van der Waals surface area contributed by atoms with E-state index in [4.69, 9.17) is 0 Å². The Bertz CT molecular complexity index is 1620. The highest BCUT2D eigenvalue weighted by Gasteiger charge is 2.42. The minimum Gasteiger partial charge on any atom is -0.354 e. The zero-order chi connectivity index (χ0) is 29.0. The van der Waals surface area contributed by atoms with Crippen LogP contribution in [-0.4, -0.2) is 64.1 Å². The van der Waals surface area contributed by atoms with Crippen molar-refractivity contribution in [2.24, 2.45) is 0 Å². The third-order valence-electron chi connectivity index (χ3n) is 7.61. The summed E-state index contributed by atoms with van der Waals surface area (Å²) in [5, 5.41) is 14.1. The number of amides is 3. The van der Waals surface area contributed by atoms with Crippen LogP contribution >= 0.6 is 11.3 Å². The van der Waals surface area contributed by atoms with Crippen molar-refractivity contribution >= 4 is 55.7 Å². The predicted octanol–water partition coefficient (Wildman–Crippen LogP) is 2.59. The molecule has 5 rings (SSSR count). The minimum atomic E-state index is -3.51. The minimum absolute atomic E-state index is 0.140. The molecule has 1 saturated heterocycles. The van der Waals surface area contributed by atoms with Crippen molar-refractivity contribution in [3.8, 4) is 0 Å². The molecular formula is C30H34N4O5S2. The second-order valence-electron chi connectivity index (χ2n) is 10.5. The molecule has 2 aromatic carbocycles. The van der Waals surface area contributed by atoms with Gasteiger partial charge in [-0.2, -0.15) is 0 Å². The molecule has 2 heterocycles. The van der Waals surface area contributed by atoms with Crippen LogP contribution in [0.1, 0.15) is 45.6 Å². The van der Waals surface area contributed by atoms with Crippen molar-refractivity contribution in [2.45, 2.75) is 41.9 Å². The Labute approximate surface area is 243 Å². The van der Waals surface area contributed by atoms with Gasteiger partial charge in [-0.1, -0.05) is 54.6 Å². The Morgan fingerprint density at radius 1 is 1.00 bits per heavy atom. The Morgan fingerprint density at radius 3 is 2.51 bits per heavy atom. The lowest BCUT2D eigenvalue weighted by Crippen LogP contribution is -2.63. The standard InChI is InChI=1S/C30H34N4O5S2/c1-41(38,39)28-24-12-5-4-11-23(24)26(40-28)27(36)34-30(13-15-31-16-14-30)29(37)33-18-17-32-25(35)19-21-9-6-8-20-7-2-3-10-22(20)21/h2-3,5-10,12,31H,4,11,13-19H2,1H3,(H,32,35)(H,33,37)(H,34,36). The summed E-state index contributed by atoms with van der Waals surface area (Å²) in [6.07, 6.45) is 7.13. The maximum atomic E-state index is 13.5. The Hall–Kier alpha value is -3.54. The lowest BCUT2D eigenvalue weighted by molar-refractivity contribution is -0.128. The number of nitrogens with one attached hydrogen (secondary N) is 4. The summed E-state index contributed by atoms with van der Waals surface area (Å²) in [5.74, 6) is -0.889. The van der Waals surface area contributed by atoms with Gasteiger partial charge in [-0.3, -0.25) is 14.4 Å². The molecule has 9 nitrogen and oxygen atoms in total. The SMILES string of the molecule is CS(=O)(=O)c1sc(C(=O)NC2(C(=O)NCCNC(=O)Cc3cccc4ccccc34)CCNCC2)c2c1C=CCC2. The highest BCUT2D eigenvalue weighted by Crippen LogP contribution is 2.37. The van der Waals surface area contributed by atoms with E-state index in [0.29, 0.717) is 48.4 Å². The Balaban J connectivity index is 1.22. The maximum absolute atomic E-state index is 13.5. The molecule has 0 bridgehead atoms. The summed E-state index contributed by atoms with van der Waals surface area (Å²) in [6, 6.07) is 13.8. The molecule has 0 radical (unpaired) electrons. The van der Waals surface area contributed by atoms with Gasteiger partial charge >= 0.3 is 0 Å². The van der Waals surface area contributed by atoms with Crippen LogP contribution in [0.25, 0.3) is 16.8 Å². The van der Waals surface area contributed by atoms with E-state index in [9.17, 15) is 22.8 Å².